The molecule has 6 nitrogen and oxygen atoms in total. The molecule has 2 heterocycles. The fraction of sp³-hybridized carbons (Fsp3) is 0. The lowest BCUT2D eigenvalue weighted by Crippen LogP contribution is -1.95. The summed E-state index contributed by atoms with van der Waals surface area (Å²) >= 11 is 3.50. The van der Waals surface area contributed by atoms with Gasteiger partial charge < -0.3 is 10.3 Å². The average molecular weight is 306 g/mol. The Bertz CT molecular complexity index is 677. The van der Waals surface area contributed by atoms with Crippen LogP contribution in [0.1, 0.15) is 0 Å². The number of nitrogen functional groups attached to an aromatic ring is 1. The van der Waals surface area contributed by atoms with Gasteiger partial charge in [-0.05, 0) is 33.6 Å². The van der Waals surface area contributed by atoms with Crippen LogP contribution in [0.3, 0.4) is 0 Å². The second-order valence-corrected chi connectivity index (χ2v) is 4.46. The number of hydrogen-bond acceptors (Lipinski definition) is 5. The molecule has 3 rings (SSSR count). The van der Waals surface area contributed by atoms with Gasteiger partial charge >= 0.3 is 0 Å². The maximum absolute atomic E-state index is 5.68. The number of nitrogens with zero attached hydrogens (tertiary/aromatic N) is 4. The molecule has 2 aromatic heterocycles. The molecular formula is C11H8BrN5O. The molecule has 0 aliphatic heterocycles. The summed E-state index contributed by atoms with van der Waals surface area (Å²) in [6.45, 7) is 0. The lowest BCUT2D eigenvalue weighted by atomic mass is 10.1. The maximum atomic E-state index is 5.68. The number of anilines is 1. The van der Waals surface area contributed by atoms with E-state index in [0.717, 1.165) is 21.3 Å². The van der Waals surface area contributed by atoms with Crippen LogP contribution in [0.4, 0.5) is 5.88 Å². The second-order valence-electron chi connectivity index (χ2n) is 3.61. The molecule has 0 amide bonds. The van der Waals surface area contributed by atoms with Gasteiger partial charge in [0.2, 0.25) is 5.88 Å². The first kappa shape index (κ1) is 11.0. The van der Waals surface area contributed by atoms with E-state index in [1.165, 1.54) is 6.33 Å². The zero-order chi connectivity index (χ0) is 12.5. The molecule has 0 unspecified atom stereocenters. The van der Waals surface area contributed by atoms with Crippen LogP contribution < -0.4 is 5.73 Å². The van der Waals surface area contributed by atoms with E-state index < -0.39 is 0 Å². The van der Waals surface area contributed by atoms with Crippen LogP contribution in [0.2, 0.25) is 0 Å². The molecule has 0 bridgehead atoms. The van der Waals surface area contributed by atoms with Crippen molar-refractivity contribution in [2.24, 2.45) is 0 Å². The second kappa shape index (κ2) is 4.26. The Hall–Kier alpha value is -2.15. The third-order valence-electron chi connectivity index (χ3n) is 2.52. The molecule has 18 heavy (non-hydrogen) atoms. The van der Waals surface area contributed by atoms with Crippen molar-refractivity contribution in [3.05, 3.63) is 41.5 Å². The predicted molar refractivity (Wildman–Crippen MR) is 69.0 cm³/mol. The van der Waals surface area contributed by atoms with E-state index in [0.29, 0.717) is 5.88 Å². The number of rotatable bonds is 2. The summed E-state index contributed by atoms with van der Waals surface area (Å²) in [5.74, 6) is 0.301. The van der Waals surface area contributed by atoms with Gasteiger partial charge in [0.1, 0.15) is 12.7 Å². The van der Waals surface area contributed by atoms with Gasteiger partial charge in [0, 0.05) is 4.47 Å². The molecule has 1 aromatic carbocycles. The monoisotopic (exact) mass is 305 g/mol. The molecule has 3 aromatic rings. The van der Waals surface area contributed by atoms with Crippen molar-refractivity contribution in [2.45, 2.75) is 0 Å². The number of halogens is 1. The van der Waals surface area contributed by atoms with Crippen LogP contribution >= 0.6 is 15.9 Å². The van der Waals surface area contributed by atoms with Crippen LogP contribution in [0.25, 0.3) is 16.8 Å². The molecule has 0 aliphatic carbocycles. The van der Waals surface area contributed by atoms with Gasteiger partial charge in [0.05, 0.1) is 17.4 Å². The normalized spacial score (nSPS) is 10.7. The van der Waals surface area contributed by atoms with E-state index in [2.05, 4.69) is 31.2 Å². The third-order valence-corrected chi connectivity index (χ3v) is 3.16. The third kappa shape index (κ3) is 1.78. The minimum absolute atomic E-state index is 0.301. The van der Waals surface area contributed by atoms with E-state index in [9.17, 15) is 0 Å². The van der Waals surface area contributed by atoms with Gasteiger partial charge in [0.25, 0.3) is 0 Å². The summed E-state index contributed by atoms with van der Waals surface area (Å²) in [7, 11) is 0. The number of hydrogen-bond donors (Lipinski definition) is 1. The van der Waals surface area contributed by atoms with E-state index in [-0.39, 0.29) is 0 Å². The fourth-order valence-corrected chi connectivity index (χ4v) is 2.22. The SMILES string of the molecule is Nc1oncc1-c1ccc(-n2cncn2)c(Br)c1. The van der Waals surface area contributed by atoms with Gasteiger partial charge in [-0.2, -0.15) is 5.10 Å². The van der Waals surface area contributed by atoms with Crippen molar-refractivity contribution in [3.8, 4) is 16.8 Å². The van der Waals surface area contributed by atoms with Crippen molar-refractivity contribution in [2.75, 3.05) is 5.73 Å². The maximum Gasteiger partial charge on any atom is 0.229 e. The van der Waals surface area contributed by atoms with E-state index in [1.54, 1.807) is 17.2 Å². The van der Waals surface area contributed by atoms with Crippen molar-refractivity contribution in [3.63, 3.8) is 0 Å². The largest absolute Gasteiger partial charge is 0.367 e. The van der Waals surface area contributed by atoms with Gasteiger partial charge in [-0.15, -0.1) is 0 Å². The summed E-state index contributed by atoms with van der Waals surface area (Å²) in [5.41, 5.74) is 8.26. The Morgan fingerprint density at radius 2 is 2.22 bits per heavy atom. The quantitative estimate of drug-likeness (QED) is 0.785. The zero-order valence-electron chi connectivity index (χ0n) is 9.12. The minimum atomic E-state index is 0.301. The van der Waals surface area contributed by atoms with Crippen molar-refractivity contribution in [1.29, 1.82) is 0 Å². The summed E-state index contributed by atoms with van der Waals surface area (Å²) in [4.78, 5) is 3.91. The summed E-state index contributed by atoms with van der Waals surface area (Å²) in [6.07, 6.45) is 4.71. The highest BCUT2D eigenvalue weighted by atomic mass is 79.9. The first-order valence-corrected chi connectivity index (χ1v) is 5.90. The molecule has 0 atom stereocenters. The number of benzene rings is 1. The standard InChI is InChI=1S/C11H8BrN5O/c12-9-3-7(8-4-16-18-11(8)13)1-2-10(9)17-6-14-5-15-17/h1-6H,13H2. The summed E-state index contributed by atoms with van der Waals surface area (Å²) < 4.78 is 7.40. The molecule has 0 radical (unpaired) electrons. The molecule has 0 saturated carbocycles. The lowest BCUT2D eigenvalue weighted by molar-refractivity contribution is 0.436. The predicted octanol–water partition coefficient (Wildman–Crippen LogP) is 2.27. The molecule has 0 saturated heterocycles. The van der Waals surface area contributed by atoms with E-state index >= 15 is 0 Å². The van der Waals surface area contributed by atoms with Gasteiger partial charge in [-0.3, -0.25) is 0 Å². The Labute approximate surface area is 111 Å². The smallest absolute Gasteiger partial charge is 0.229 e. The highest BCUT2D eigenvalue weighted by Gasteiger charge is 2.10. The lowest BCUT2D eigenvalue weighted by Gasteiger charge is -2.05. The molecular weight excluding hydrogens is 298 g/mol. The van der Waals surface area contributed by atoms with Crippen molar-refractivity contribution in [1.82, 2.24) is 19.9 Å². The van der Waals surface area contributed by atoms with Gasteiger partial charge in [-0.1, -0.05) is 11.2 Å². The Balaban J connectivity index is 2.07. The van der Waals surface area contributed by atoms with Crippen LogP contribution in [-0.4, -0.2) is 19.9 Å². The Morgan fingerprint density at radius 3 is 2.83 bits per heavy atom. The molecule has 0 fully saturated rings. The minimum Gasteiger partial charge on any atom is -0.367 e. The van der Waals surface area contributed by atoms with E-state index in [1.807, 2.05) is 18.2 Å². The average Bonchev–Trinajstić information content (AvgIpc) is 2.99. The van der Waals surface area contributed by atoms with Crippen LogP contribution in [0.5, 0.6) is 0 Å². The Kier molecular flexibility index (Phi) is 2.60. The molecule has 7 heteroatoms. The molecule has 0 aliphatic rings. The number of nitrogens with two attached hydrogens (primary N) is 1. The van der Waals surface area contributed by atoms with E-state index in [4.69, 9.17) is 10.3 Å². The highest BCUT2D eigenvalue weighted by molar-refractivity contribution is 9.10. The highest BCUT2D eigenvalue weighted by Crippen LogP contribution is 2.30. The molecule has 90 valence electrons. The van der Waals surface area contributed by atoms with Gasteiger partial charge in [0.15, 0.2) is 0 Å². The van der Waals surface area contributed by atoms with Crippen LogP contribution in [0, 0.1) is 0 Å². The first-order chi connectivity index (χ1) is 8.75. The molecule has 0 spiro atoms. The van der Waals surface area contributed by atoms with Crippen LogP contribution in [0.15, 0.2) is 46.0 Å². The topological polar surface area (TPSA) is 82.8 Å². The number of aromatic nitrogens is 4. The summed E-state index contributed by atoms with van der Waals surface area (Å²) in [6, 6.07) is 5.77. The van der Waals surface area contributed by atoms with Crippen molar-refractivity contribution < 1.29 is 4.52 Å². The van der Waals surface area contributed by atoms with Crippen molar-refractivity contribution >= 4 is 21.8 Å². The first-order valence-electron chi connectivity index (χ1n) is 5.11. The van der Waals surface area contributed by atoms with Gasteiger partial charge in [-0.25, -0.2) is 9.67 Å². The van der Waals surface area contributed by atoms with Crippen LogP contribution in [-0.2, 0) is 0 Å². The Morgan fingerprint density at radius 1 is 1.33 bits per heavy atom. The zero-order valence-corrected chi connectivity index (χ0v) is 10.7. The molecule has 2 N–H and O–H groups in total. The summed E-state index contributed by atoms with van der Waals surface area (Å²) in [5, 5.41) is 7.73. The fourth-order valence-electron chi connectivity index (χ4n) is 1.66.